The van der Waals surface area contributed by atoms with Gasteiger partial charge in [-0.15, -0.1) is 0 Å². The van der Waals surface area contributed by atoms with E-state index in [1.807, 2.05) is 0 Å². The summed E-state index contributed by atoms with van der Waals surface area (Å²) in [6.07, 6.45) is -3.84. The number of carbonyl (C=O) groups is 2. The first-order chi connectivity index (χ1) is 18.1. The van der Waals surface area contributed by atoms with E-state index in [1.165, 1.54) is 51.5 Å². The van der Waals surface area contributed by atoms with E-state index >= 15 is 0 Å². The minimum Gasteiger partial charge on any atom is -0.493 e. The van der Waals surface area contributed by atoms with Gasteiger partial charge < -0.3 is 24.3 Å². The van der Waals surface area contributed by atoms with Crippen molar-refractivity contribution < 1.29 is 41.7 Å². The number of aromatic nitrogens is 3. The summed E-state index contributed by atoms with van der Waals surface area (Å²) in [5.41, 5.74) is -1.28. The van der Waals surface area contributed by atoms with Gasteiger partial charge in [0, 0.05) is 17.2 Å². The van der Waals surface area contributed by atoms with Crippen LogP contribution in [-0.2, 0) is 6.18 Å². The number of alkyl halides is 3. The van der Waals surface area contributed by atoms with E-state index in [0.717, 1.165) is 12.3 Å². The fourth-order valence-corrected chi connectivity index (χ4v) is 3.99. The van der Waals surface area contributed by atoms with Crippen LogP contribution >= 0.6 is 0 Å². The van der Waals surface area contributed by atoms with Gasteiger partial charge in [0.15, 0.2) is 40.1 Å². The number of amides is 1. The molecule has 4 aromatic rings. The van der Waals surface area contributed by atoms with Gasteiger partial charge in [-0.1, -0.05) is 0 Å². The first kappa shape index (κ1) is 24.9. The van der Waals surface area contributed by atoms with E-state index in [9.17, 15) is 22.8 Å². The van der Waals surface area contributed by atoms with Crippen LogP contribution in [0.15, 0.2) is 42.6 Å². The SMILES string of the molecule is COc1ccc(-c2cc(C(F)(F)F)n3ncc(C(=O)Nc4cc5c(cc4C(C)=O)OCO5)c3n2)cc1OC. The molecule has 1 aliphatic heterocycles. The third-order valence-corrected chi connectivity index (χ3v) is 5.83. The monoisotopic (exact) mass is 528 g/mol. The normalized spacial score (nSPS) is 12.5. The van der Waals surface area contributed by atoms with Gasteiger partial charge in [-0.05, 0) is 37.3 Å². The highest BCUT2D eigenvalue weighted by Crippen LogP contribution is 2.38. The van der Waals surface area contributed by atoms with Gasteiger partial charge in [0.25, 0.3) is 5.91 Å². The second kappa shape index (κ2) is 9.25. The van der Waals surface area contributed by atoms with Gasteiger partial charge in [0.2, 0.25) is 6.79 Å². The van der Waals surface area contributed by atoms with Crippen molar-refractivity contribution in [2.24, 2.45) is 0 Å². The largest absolute Gasteiger partial charge is 0.493 e. The van der Waals surface area contributed by atoms with E-state index in [4.69, 9.17) is 18.9 Å². The Balaban J connectivity index is 1.62. The maximum atomic E-state index is 14.0. The fraction of sp³-hybridized carbons (Fsp3) is 0.200. The zero-order chi connectivity index (χ0) is 27.2. The van der Waals surface area contributed by atoms with Crippen molar-refractivity contribution in [3.05, 3.63) is 59.4 Å². The lowest BCUT2D eigenvalue weighted by molar-refractivity contribution is -0.142. The molecule has 0 radical (unpaired) electrons. The molecule has 0 aliphatic carbocycles. The topological polar surface area (TPSA) is 113 Å². The maximum Gasteiger partial charge on any atom is 0.433 e. The Hall–Kier alpha value is -4.81. The van der Waals surface area contributed by atoms with Crippen LogP contribution in [0.3, 0.4) is 0 Å². The number of benzene rings is 2. The number of nitrogens with one attached hydrogen (secondary N) is 1. The van der Waals surface area contributed by atoms with E-state index in [-0.39, 0.29) is 52.0 Å². The summed E-state index contributed by atoms with van der Waals surface area (Å²) in [6.45, 7) is 1.25. The summed E-state index contributed by atoms with van der Waals surface area (Å²) >= 11 is 0. The average Bonchev–Trinajstić information content (AvgIpc) is 3.53. The Bertz CT molecular complexity index is 1600. The van der Waals surface area contributed by atoms with Crippen LogP contribution in [0.4, 0.5) is 18.9 Å². The molecule has 0 saturated heterocycles. The van der Waals surface area contributed by atoms with Crippen LogP contribution in [0.1, 0.15) is 33.3 Å². The van der Waals surface area contributed by atoms with Crippen LogP contribution in [0, 0.1) is 0 Å². The Kier molecular flexibility index (Phi) is 6.05. The average molecular weight is 528 g/mol. The van der Waals surface area contributed by atoms with Crippen molar-refractivity contribution in [3.63, 3.8) is 0 Å². The Morgan fingerprint density at radius 1 is 1.00 bits per heavy atom. The first-order valence-electron chi connectivity index (χ1n) is 11.0. The number of carbonyl (C=O) groups excluding carboxylic acids is 2. The molecule has 3 heterocycles. The molecule has 2 aromatic carbocycles. The predicted octanol–water partition coefficient (Wildman–Crippen LogP) is 4.62. The minimum atomic E-state index is -4.81. The second-order valence-corrected chi connectivity index (χ2v) is 8.15. The number of ketones is 1. The molecule has 0 fully saturated rings. The number of hydrogen-bond donors (Lipinski definition) is 1. The molecule has 2 aromatic heterocycles. The molecule has 38 heavy (non-hydrogen) atoms. The fourth-order valence-electron chi connectivity index (χ4n) is 3.99. The van der Waals surface area contributed by atoms with E-state index in [2.05, 4.69) is 15.4 Å². The first-order valence-corrected chi connectivity index (χ1v) is 11.0. The molecule has 13 heteroatoms. The molecule has 0 bridgehead atoms. The van der Waals surface area contributed by atoms with Crippen molar-refractivity contribution in [1.82, 2.24) is 14.6 Å². The Morgan fingerprint density at radius 2 is 1.71 bits per heavy atom. The summed E-state index contributed by atoms with van der Waals surface area (Å²) in [6, 6.07) is 8.18. The van der Waals surface area contributed by atoms with Gasteiger partial charge in [-0.3, -0.25) is 9.59 Å². The lowest BCUT2D eigenvalue weighted by atomic mass is 10.1. The number of anilines is 1. The maximum absolute atomic E-state index is 14.0. The summed E-state index contributed by atoms with van der Waals surface area (Å²) in [7, 11) is 2.82. The number of Topliss-reactive ketones (excluding diaryl/α,β-unsaturated/α-hetero) is 1. The molecular formula is C25H19F3N4O6. The van der Waals surface area contributed by atoms with E-state index in [1.54, 1.807) is 0 Å². The number of fused-ring (bicyclic) bond motifs is 2. The summed E-state index contributed by atoms with van der Waals surface area (Å²) in [5.74, 6) is 0.103. The molecule has 10 nitrogen and oxygen atoms in total. The van der Waals surface area contributed by atoms with Gasteiger partial charge >= 0.3 is 6.18 Å². The van der Waals surface area contributed by atoms with Crippen LogP contribution in [0.5, 0.6) is 23.0 Å². The lowest BCUT2D eigenvalue weighted by Crippen LogP contribution is -2.16. The van der Waals surface area contributed by atoms with Crippen molar-refractivity contribution in [3.8, 4) is 34.3 Å². The number of hydrogen-bond acceptors (Lipinski definition) is 8. The van der Waals surface area contributed by atoms with Crippen molar-refractivity contribution >= 4 is 23.0 Å². The number of methoxy groups -OCH3 is 2. The van der Waals surface area contributed by atoms with Crippen molar-refractivity contribution in [2.75, 3.05) is 26.3 Å². The molecule has 5 rings (SSSR count). The highest BCUT2D eigenvalue weighted by molar-refractivity contribution is 6.12. The smallest absolute Gasteiger partial charge is 0.433 e. The molecule has 196 valence electrons. The number of ether oxygens (including phenoxy) is 4. The van der Waals surface area contributed by atoms with Gasteiger partial charge in [0.1, 0.15) is 5.56 Å². The zero-order valence-corrected chi connectivity index (χ0v) is 20.2. The van der Waals surface area contributed by atoms with E-state index in [0.29, 0.717) is 21.8 Å². The molecule has 0 atom stereocenters. The van der Waals surface area contributed by atoms with E-state index < -0.39 is 17.8 Å². The molecule has 1 amide bonds. The number of halogens is 3. The highest BCUT2D eigenvalue weighted by atomic mass is 19.4. The number of rotatable bonds is 6. The van der Waals surface area contributed by atoms with Crippen LogP contribution in [0.2, 0.25) is 0 Å². The highest BCUT2D eigenvalue weighted by Gasteiger charge is 2.36. The zero-order valence-electron chi connectivity index (χ0n) is 20.2. The Morgan fingerprint density at radius 3 is 2.37 bits per heavy atom. The number of nitrogens with zero attached hydrogens (tertiary/aromatic N) is 3. The molecule has 0 unspecified atom stereocenters. The van der Waals surface area contributed by atoms with Crippen LogP contribution in [0.25, 0.3) is 16.9 Å². The minimum absolute atomic E-state index is 0.0544. The third-order valence-electron chi connectivity index (χ3n) is 5.83. The molecular weight excluding hydrogens is 509 g/mol. The van der Waals surface area contributed by atoms with Gasteiger partial charge in [-0.2, -0.15) is 18.3 Å². The Labute approximate surface area is 212 Å². The van der Waals surface area contributed by atoms with Crippen molar-refractivity contribution in [1.29, 1.82) is 0 Å². The quantitative estimate of drug-likeness (QED) is 0.361. The lowest BCUT2D eigenvalue weighted by Gasteiger charge is -2.13. The molecule has 1 N–H and O–H groups in total. The van der Waals surface area contributed by atoms with Crippen LogP contribution in [-0.4, -0.2) is 47.3 Å². The summed E-state index contributed by atoms with van der Waals surface area (Å²) in [5, 5.41) is 6.34. The second-order valence-electron chi connectivity index (χ2n) is 8.15. The van der Waals surface area contributed by atoms with Gasteiger partial charge in [0.05, 0.1) is 31.8 Å². The summed E-state index contributed by atoms with van der Waals surface area (Å²) < 4.78 is 63.6. The standard InChI is InChI=1S/C25H19F3N4O6/c1-12(33)14-7-20-21(38-11-37-20)8-17(14)31-24(34)15-10-29-32-22(25(26,27)28)9-16(30-23(15)32)13-4-5-18(35-2)19(6-13)36-3/h4-10H,11H2,1-3H3,(H,31,34). The predicted molar refractivity (Wildman–Crippen MR) is 127 cm³/mol. The molecule has 1 aliphatic rings. The molecule has 0 saturated carbocycles. The van der Waals surface area contributed by atoms with Gasteiger partial charge in [-0.25, -0.2) is 9.50 Å². The summed E-state index contributed by atoms with van der Waals surface area (Å²) in [4.78, 5) is 29.8. The van der Waals surface area contributed by atoms with Crippen molar-refractivity contribution in [2.45, 2.75) is 13.1 Å². The molecule has 0 spiro atoms. The third kappa shape index (κ3) is 4.31. The van der Waals surface area contributed by atoms with Crippen LogP contribution < -0.4 is 24.3 Å².